The van der Waals surface area contributed by atoms with Crippen LogP contribution in [0.3, 0.4) is 0 Å². The van der Waals surface area contributed by atoms with Crippen molar-refractivity contribution in [2.24, 2.45) is 0 Å². The predicted molar refractivity (Wildman–Crippen MR) is 58.2 cm³/mol. The lowest BCUT2D eigenvalue weighted by Crippen LogP contribution is -1.92. The van der Waals surface area contributed by atoms with E-state index in [-0.39, 0.29) is 4.90 Å². The van der Waals surface area contributed by atoms with Crippen LogP contribution in [0, 0.1) is 4.51 Å². The van der Waals surface area contributed by atoms with Crippen LogP contribution in [0.15, 0.2) is 35.4 Å². The zero-order valence-corrected chi connectivity index (χ0v) is 8.69. The molecular weight excluding hydrogens is 218 g/mol. The minimum Gasteiger partial charge on any atom is -0.360 e. The Morgan fingerprint density at radius 3 is 2.79 bits per heavy atom. The van der Waals surface area contributed by atoms with E-state index in [0.29, 0.717) is 4.51 Å². The van der Waals surface area contributed by atoms with Crippen molar-refractivity contribution in [3.05, 3.63) is 35.0 Å². The third-order valence-corrected chi connectivity index (χ3v) is 3.21. The summed E-state index contributed by atoms with van der Waals surface area (Å²) < 4.78 is 20.3. The maximum atomic E-state index is 10.9. The van der Waals surface area contributed by atoms with Crippen molar-refractivity contribution in [2.75, 3.05) is 0 Å². The Hall–Kier alpha value is -1.04. The summed E-state index contributed by atoms with van der Waals surface area (Å²) in [5, 5.41) is 0.794. The number of pyridine rings is 1. The molecule has 2 N–H and O–H groups in total. The smallest absolute Gasteiger partial charge is 0.189 e. The highest BCUT2D eigenvalue weighted by Crippen LogP contribution is 2.17. The quantitative estimate of drug-likeness (QED) is 0.579. The fourth-order valence-electron chi connectivity index (χ4n) is 1.28. The molecule has 1 aromatic heterocycles. The summed E-state index contributed by atoms with van der Waals surface area (Å²) in [6, 6.07) is 7.42. The highest BCUT2D eigenvalue weighted by Gasteiger charge is 2.05. The Kier molecular flexibility index (Phi) is 2.45. The Labute approximate surface area is 88.1 Å². The van der Waals surface area contributed by atoms with Gasteiger partial charge in [-0.2, -0.15) is 0 Å². The number of hydrogen-bond acceptors (Lipinski definition) is 2. The van der Waals surface area contributed by atoms with Gasteiger partial charge in [-0.15, -0.1) is 0 Å². The van der Waals surface area contributed by atoms with Gasteiger partial charge in [-0.3, -0.25) is 0 Å². The molecule has 14 heavy (non-hydrogen) atoms. The summed E-state index contributed by atoms with van der Waals surface area (Å²) in [4.78, 5) is 3.17. The molecule has 0 aliphatic rings. The lowest BCUT2D eigenvalue weighted by molar-refractivity contribution is 0.564. The molecule has 1 aromatic carbocycles. The lowest BCUT2D eigenvalue weighted by Gasteiger charge is -2.00. The molecule has 0 saturated heterocycles. The van der Waals surface area contributed by atoms with Crippen LogP contribution >= 0.6 is 12.2 Å². The van der Waals surface area contributed by atoms with E-state index in [9.17, 15) is 4.21 Å². The largest absolute Gasteiger partial charge is 0.360 e. The molecule has 3 nitrogen and oxygen atoms in total. The number of rotatable bonds is 1. The maximum absolute atomic E-state index is 10.9. The molecule has 72 valence electrons. The summed E-state index contributed by atoms with van der Waals surface area (Å²) in [5.41, 5.74) is 0.867. The lowest BCUT2D eigenvalue weighted by atomic mass is 10.2. The summed E-state index contributed by atoms with van der Waals surface area (Å²) in [7, 11) is 0. The van der Waals surface area contributed by atoms with Gasteiger partial charge in [0.15, 0.2) is 11.1 Å². The van der Waals surface area contributed by atoms with E-state index in [4.69, 9.17) is 16.8 Å². The van der Waals surface area contributed by atoms with Crippen LogP contribution in [0.2, 0.25) is 0 Å². The number of aromatic nitrogens is 1. The molecule has 1 unspecified atom stereocenters. The van der Waals surface area contributed by atoms with Gasteiger partial charge in [0.2, 0.25) is 0 Å². The molecule has 2 rings (SSSR count). The first kappa shape index (κ1) is 9.51. The average molecular weight is 225 g/mol. The number of para-hydroxylation sites is 1. The fraction of sp³-hybridized carbons (Fsp3) is 0. The first-order chi connectivity index (χ1) is 6.70. The van der Waals surface area contributed by atoms with E-state index in [0.717, 1.165) is 10.9 Å². The number of nitrogens with one attached hydrogen (secondary N) is 1. The normalized spacial score (nSPS) is 12.9. The average Bonchev–Trinajstić information content (AvgIpc) is 2.18. The van der Waals surface area contributed by atoms with Crippen molar-refractivity contribution in [3.8, 4) is 0 Å². The summed E-state index contributed by atoms with van der Waals surface area (Å²) in [6.45, 7) is 0. The number of H-pyrrole nitrogens is 1. The van der Waals surface area contributed by atoms with E-state index in [2.05, 4.69) is 4.98 Å². The van der Waals surface area contributed by atoms with Gasteiger partial charge in [0.1, 0.15) is 4.90 Å². The molecule has 0 saturated carbocycles. The number of hydrogen-bond donors (Lipinski definition) is 2. The molecule has 0 aliphatic carbocycles. The van der Waals surface area contributed by atoms with E-state index >= 15 is 0 Å². The molecule has 1 heterocycles. The molecule has 0 aliphatic heterocycles. The summed E-state index contributed by atoms with van der Waals surface area (Å²) >= 11 is 3.06. The predicted octanol–water partition coefficient (Wildman–Crippen LogP) is 2.48. The summed E-state index contributed by atoms with van der Waals surface area (Å²) in [6.07, 6.45) is 1.47. The van der Waals surface area contributed by atoms with Crippen molar-refractivity contribution in [2.45, 2.75) is 4.90 Å². The van der Waals surface area contributed by atoms with Gasteiger partial charge in [0, 0.05) is 17.1 Å². The number of benzene rings is 1. The number of aromatic amines is 1. The molecule has 2 aromatic rings. The van der Waals surface area contributed by atoms with Gasteiger partial charge >= 0.3 is 0 Å². The molecule has 0 bridgehead atoms. The van der Waals surface area contributed by atoms with Crippen LogP contribution in [0.25, 0.3) is 10.9 Å². The molecule has 1 atom stereocenters. The SMILES string of the molecule is O=S(O)c1c[nH]c2ccccc2c1=S. The van der Waals surface area contributed by atoms with Crippen molar-refractivity contribution < 1.29 is 8.76 Å². The standard InChI is InChI=1S/C9H7NO2S2/c11-14(12)8-5-10-7-4-2-1-3-6(7)9(8)13/h1-5H,(H,10,13)(H,11,12). The monoisotopic (exact) mass is 225 g/mol. The minimum atomic E-state index is -2.03. The molecule has 0 radical (unpaired) electrons. The van der Waals surface area contributed by atoms with Crippen molar-refractivity contribution in [1.82, 2.24) is 4.98 Å². The second-order valence-electron chi connectivity index (χ2n) is 2.78. The minimum absolute atomic E-state index is 0.249. The molecule has 5 heteroatoms. The Balaban J connectivity index is 2.89. The van der Waals surface area contributed by atoms with E-state index in [1.165, 1.54) is 6.20 Å². The first-order valence-electron chi connectivity index (χ1n) is 3.91. The fourth-order valence-corrected chi connectivity index (χ4v) is 2.16. The van der Waals surface area contributed by atoms with Crippen LogP contribution in [-0.2, 0) is 11.1 Å². The molecule has 0 amide bonds. The van der Waals surface area contributed by atoms with Gasteiger partial charge in [0.05, 0.1) is 4.51 Å². The third-order valence-electron chi connectivity index (χ3n) is 1.94. The van der Waals surface area contributed by atoms with E-state index < -0.39 is 11.1 Å². The van der Waals surface area contributed by atoms with Crippen LogP contribution < -0.4 is 0 Å². The molecule has 0 fully saturated rings. The molecule has 0 spiro atoms. The van der Waals surface area contributed by atoms with Gasteiger partial charge in [-0.05, 0) is 6.07 Å². The van der Waals surface area contributed by atoms with E-state index in [1.54, 1.807) is 0 Å². The van der Waals surface area contributed by atoms with Crippen LogP contribution in [0.4, 0.5) is 0 Å². The van der Waals surface area contributed by atoms with Gasteiger partial charge in [0.25, 0.3) is 0 Å². The van der Waals surface area contributed by atoms with Crippen molar-refractivity contribution in [1.29, 1.82) is 0 Å². The maximum Gasteiger partial charge on any atom is 0.189 e. The van der Waals surface area contributed by atoms with E-state index in [1.807, 2.05) is 24.3 Å². The highest BCUT2D eigenvalue weighted by molar-refractivity contribution is 7.80. The number of fused-ring (bicyclic) bond motifs is 1. The Morgan fingerprint density at radius 1 is 1.36 bits per heavy atom. The topological polar surface area (TPSA) is 53.1 Å². The van der Waals surface area contributed by atoms with Crippen LogP contribution in [0.1, 0.15) is 0 Å². The zero-order chi connectivity index (χ0) is 10.1. The second-order valence-corrected chi connectivity index (χ2v) is 4.12. The van der Waals surface area contributed by atoms with Gasteiger partial charge in [-0.1, -0.05) is 30.4 Å². The Morgan fingerprint density at radius 2 is 2.07 bits per heavy atom. The van der Waals surface area contributed by atoms with Crippen molar-refractivity contribution >= 4 is 34.2 Å². The Bertz CT molecular complexity index is 562. The van der Waals surface area contributed by atoms with Gasteiger partial charge in [-0.25, -0.2) is 4.21 Å². The summed E-state index contributed by atoms with van der Waals surface area (Å²) in [5.74, 6) is 0. The first-order valence-corrected chi connectivity index (χ1v) is 5.43. The van der Waals surface area contributed by atoms with Gasteiger partial charge < -0.3 is 9.54 Å². The van der Waals surface area contributed by atoms with Crippen LogP contribution in [-0.4, -0.2) is 13.7 Å². The molecular formula is C9H7NO2S2. The zero-order valence-electron chi connectivity index (χ0n) is 7.06. The van der Waals surface area contributed by atoms with Crippen LogP contribution in [0.5, 0.6) is 0 Å². The highest BCUT2D eigenvalue weighted by atomic mass is 32.2. The van der Waals surface area contributed by atoms with Crippen molar-refractivity contribution in [3.63, 3.8) is 0 Å². The second kappa shape index (κ2) is 3.61. The third kappa shape index (κ3) is 1.50.